The van der Waals surface area contributed by atoms with Crippen LogP contribution in [0.25, 0.3) is 11.8 Å². The highest BCUT2D eigenvalue weighted by Gasteiger charge is 2.02. The fourth-order valence-electron chi connectivity index (χ4n) is 1.65. The van der Waals surface area contributed by atoms with Gasteiger partial charge in [0.15, 0.2) is 0 Å². The van der Waals surface area contributed by atoms with E-state index in [1.54, 1.807) is 30.3 Å². The minimum absolute atomic E-state index is 0.0222. The molecule has 26 heavy (non-hydrogen) atoms. The first-order valence-electron chi connectivity index (χ1n) is 7.51. The molecule has 3 rings (SSSR count). The number of nitrogens with zero attached hydrogens (tertiary/aromatic N) is 2. The Morgan fingerprint density at radius 1 is 1.00 bits per heavy atom. The summed E-state index contributed by atoms with van der Waals surface area (Å²) < 4.78 is 0.796. The molecule has 3 aromatic rings. The average molecular weight is 356 g/mol. The van der Waals surface area contributed by atoms with Crippen LogP contribution in [0.4, 0.5) is 0 Å². The number of carbonyl (C=O) groups is 1. The summed E-state index contributed by atoms with van der Waals surface area (Å²) in [5, 5.41) is 34.7. The van der Waals surface area contributed by atoms with E-state index in [4.69, 9.17) is 20.2 Å². The summed E-state index contributed by atoms with van der Waals surface area (Å²) >= 11 is 0. The molecule has 0 saturated heterocycles. The standard InChI is InChI=1S/C11H10N2O2.C6H6O.C2H4O2/c14-11(10-7-13(15)8-12-10)6-9-4-2-1-3-5-9;7-6-4-2-1-3-5-6;1-2(3)4/h1-8,14-15H;1-5,7H;1H3,(H,3,4)/b11-6+;;. The van der Waals surface area contributed by atoms with E-state index in [0.29, 0.717) is 11.4 Å². The van der Waals surface area contributed by atoms with E-state index in [-0.39, 0.29) is 5.76 Å². The number of hydrogen-bond acceptors (Lipinski definition) is 5. The normalized spacial score (nSPS) is 9.96. The number of aromatic hydroxyl groups is 1. The van der Waals surface area contributed by atoms with E-state index in [1.807, 2.05) is 36.4 Å². The second kappa shape index (κ2) is 10.9. The molecule has 0 amide bonds. The SMILES string of the molecule is CC(=O)O.O/C(=C/c1ccccc1)c1cn(O)cn1.Oc1ccccc1. The smallest absolute Gasteiger partial charge is 0.300 e. The molecule has 4 N–H and O–H groups in total. The molecule has 0 aliphatic rings. The second-order valence-electron chi connectivity index (χ2n) is 4.93. The summed E-state index contributed by atoms with van der Waals surface area (Å²) in [6, 6.07) is 18.1. The molecule has 0 radical (unpaired) electrons. The topological polar surface area (TPSA) is 116 Å². The minimum Gasteiger partial charge on any atom is -0.508 e. The number of carboxylic acid groups (broad SMARTS) is 1. The number of aliphatic carboxylic acids is 1. The van der Waals surface area contributed by atoms with Gasteiger partial charge < -0.3 is 20.5 Å². The molecular formula is C19H20N2O5. The summed E-state index contributed by atoms with van der Waals surface area (Å²) in [6.07, 6.45) is 4.13. The summed E-state index contributed by atoms with van der Waals surface area (Å²) in [5.74, 6) is -0.489. The van der Waals surface area contributed by atoms with Crippen molar-refractivity contribution in [1.82, 2.24) is 9.71 Å². The number of aromatic nitrogens is 2. The lowest BCUT2D eigenvalue weighted by molar-refractivity contribution is -0.134. The van der Waals surface area contributed by atoms with Crippen molar-refractivity contribution < 1.29 is 25.3 Å². The van der Waals surface area contributed by atoms with Gasteiger partial charge in [0, 0.05) is 6.92 Å². The van der Waals surface area contributed by atoms with E-state index < -0.39 is 5.97 Å². The average Bonchev–Trinajstić information content (AvgIpc) is 3.03. The molecule has 0 aliphatic heterocycles. The Bertz CT molecular complexity index is 810. The van der Waals surface area contributed by atoms with Crippen LogP contribution in [0, 0.1) is 0 Å². The molecule has 0 saturated carbocycles. The van der Waals surface area contributed by atoms with Crippen molar-refractivity contribution in [3.8, 4) is 5.75 Å². The Morgan fingerprint density at radius 2 is 1.50 bits per heavy atom. The van der Waals surface area contributed by atoms with E-state index in [1.165, 1.54) is 12.5 Å². The van der Waals surface area contributed by atoms with Gasteiger partial charge in [0.25, 0.3) is 5.97 Å². The molecule has 2 aromatic carbocycles. The van der Waals surface area contributed by atoms with Crippen molar-refractivity contribution in [2.24, 2.45) is 0 Å². The number of imidazole rings is 1. The Balaban J connectivity index is 0.000000255. The van der Waals surface area contributed by atoms with Crippen LogP contribution < -0.4 is 0 Å². The largest absolute Gasteiger partial charge is 0.508 e. The highest BCUT2D eigenvalue weighted by molar-refractivity contribution is 5.74. The number of aliphatic hydroxyl groups is 1. The zero-order chi connectivity index (χ0) is 19.4. The lowest BCUT2D eigenvalue weighted by atomic mass is 10.2. The Morgan fingerprint density at radius 3 is 1.88 bits per heavy atom. The first kappa shape index (κ1) is 20.3. The van der Waals surface area contributed by atoms with Crippen LogP contribution in [0.5, 0.6) is 5.75 Å². The quantitative estimate of drug-likeness (QED) is 0.411. The molecule has 0 bridgehead atoms. The van der Waals surface area contributed by atoms with Crippen molar-refractivity contribution in [2.75, 3.05) is 0 Å². The summed E-state index contributed by atoms with van der Waals surface area (Å²) in [7, 11) is 0. The third kappa shape index (κ3) is 8.78. The lowest BCUT2D eigenvalue weighted by Gasteiger charge is -1.95. The van der Waals surface area contributed by atoms with Gasteiger partial charge in [-0.05, 0) is 23.8 Å². The predicted octanol–water partition coefficient (Wildman–Crippen LogP) is 3.66. The van der Waals surface area contributed by atoms with Crippen LogP contribution in [-0.4, -0.2) is 36.2 Å². The molecular weight excluding hydrogens is 336 g/mol. The molecule has 0 fully saturated rings. The molecule has 136 valence electrons. The molecule has 1 heterocycles. The highest BCUT2D eigenvalue weighted by Crippen LogP contribution is 2.12. The number of carboxylic acids is 1. The third-order valence-electron chi connectivity index (χ3n) is 2.69. The van der Waals surface area contributed by atoms with Gasteiger partial charge in [0.2, 0.25) is 0 Å². The monoisotopic (exact) mass is 356 g/mol. The maximum absolute atomic E-state index is 9.66. The molecule has 0 spiro atoms. The number of phenols is 1. The molecule has 7 heteroatoms. The fourth-order valence-corrected chi connectivity index (χ4v) is 1.65. The maximum atomic E-state index is 9.66. The minimum atomic E-state index is -0.833. The van der Waals surface area contributed by atoms with E-state index in [2.05, 4.69) is 4.98 Å². The number of phenolic OH excluding ortho intramolecular Hbond substituents is 1. The second-order valence-corrected chi connectivity index (χ2v) is 4.93. The van der Waals surface area contributed by atoms with E-state index in [9.17, 15) is 5.11 Å². The Hall–Kier alpha value is -3.74. The van der Waals surface area contributed by atoms with Crippen LogP contribution >= 0.6 is 0 Å². The number of para-hydroxylation sites is 1. The zero-order valence-corrected chi connectivity index (χ0v) is 14.1. The molecule has 1 aromatic heterocycles. The molecule has 0 unspecified atom stereocenters. The summed E-state index contributed by atoms with van der Waals surface area (Å²) in [6.45, 7) is 1.08. The summed E-state index contributed by atoms with van der Waals surface area (Å²) in [4.78, 5) is 12.8. The van der Waals surface area contributed by atoms with Crippen molar-refractivity contribution in [3.05, 3.63) is 84.4 Å². The molecule has 7 nitrogen and oxygen atoms in total. The van der Waals surface area contributed by atoms with E-state index in [0.717, 1.165) is 17.2 Å². The van der Waals surface area contributed by atoms with Crippen LogP contribution in [0.15, 0.2) is 73.2 Å². The molecule has 0 atom stereocenters. The number of rotatable bonds is 2. The number of aliphatic hydroxyl groups excluding tert-OH is 1. The maximum Gasteiger partial charge on any atom is 0.300 e. The van der Waals surface area contributed by atoms with Crippen LogP contribution in [0.3, 0.4) is 0 Å². The van der Waals surface area contributed by atoms with Gasteiger partial charge in [-0.25, -0.2) is 4.98 Å². The van der Waals surface area contributed by atoms with Gasteiger partial charge in [0.1, 0.15) is 23.5 Å². The van der Waals surface area contributed by atoms with Crippen molar-refractivity contribution >= 4 is 17.8 Å². The van der Waals surface area contributed by atoms with Gasteiger partial charge in [-0.3, -0.25) is 4.79 Å². The van der Waals surface area contributed by atoms with Crippen LogP contribution in [0.2, 0.25) is 0 Å². The van der Waals surface area contributed by atoms with Crippen LogP contribution in [-0.2, 0) is 4.79 Å². The van der Waals surface area contributed by atoms with Gasteiger partial charge in [-0.2, -0.15) is 4.73 Å². The number of hydrogen-bond donors (Lipinski definition) is 4. The van der Waals surface area contributed by atoms with E-state index >= 15 is 0 Å². The van der Waals surface area contributed by atoms with Crippen molar-refractivity contribution in [2.45, 2.75) is 6.92 Å². The predicted molar refractivity (Wildman–Crippen MR) is 97.8 cm³/mol. The van der Waals surface area contributed by atoms with Gasteiger partial charge in [-0.15, -0.1) is 0 Å². The first-order valence-corrected chi connectivity index (χ1v) is 7.51. The Kier molecular flexibility index (Phi) is 8.53. The number of benzene rings is 2. The van der Waals surface area contributed by atoms with Crippen molar-refractivity contribution in [1.29, 1.82) is 0 Å². The van der Waals surface area contributed by atoms with Gasteiger partial charge in [-0.1, -0.05) is 48.5 Å². The zero-order valence-electron chi connectivity index (χ0n) is 14.1. The Labute approximate surface area is 150 Å². The first-order chi connectivity index (χ1) is 12.4. The highest BCUT2D eigenvalue weighted by atomic mass is 16.5. The van der Waals surface area contributed by atoms with Gasteiger partial charge >= 0.3 is 0 Å². The van der Waals surface area contributed by atoms with Gasteiger partial charge in [0.05, 0.1) is 6.20 Å². The third-order valence-corrected chi connectivity index (χ3v) is 2.69. The van der Waals surface area contributed by atoms with Crippen molar-refractivity contribution in [3.63, 3.8) is 0 Å². The summed E-state index contributed by atoms with van der Waals surface area (Å²) in [5.41, 5.74) is 1.21. The molecule has 0 aliphatic carbocycles. The fraction of sp³-hybridized carbons (Fsp3) is 0.0526. The lowest BCUT2D eigenvalue weighted by Crippen LogP contribution is -1.84. The van der Waals surface area contributed by atoms with Crippen LogP contribution in [0.1, 0.15) is 18.2 Å².